The highest BCUT2D eigenvalue weighted by atomic mass is 32.2. The number of aryl methyl sites for hydroxylation is 1. The number of rotatable bonds is 8. The Balaban J connectivity index is 1.45. The van der Waals surface area contributed by atoms with Gasteiger partial charge < -0.3 is 10.2 Å². The van der Waals surface area contributed by atoms with Gasteiger partial charge in [0.25, 0.3) is 11.8 Å². The quantitative estimate of drug-likeness (QED) is 0.240. The molecule has 5 heteroatoms. The van der Waals surface area contributed by atoms with Gasteiger partial charge in [-0.3, -0.25) is 9.59 Å². The minimum absolute atomic E-state index is 0.0238. The van der Waals surface area contributed by atoms with Crippen LogP contribution in [0, 0.1) is 6.92 Å². The highest BCUT2D eigenvalue weighted by molar-refractivity contribution is 8.04. The van der Waals surface area contributed by atoms with E-state index in [9.17, 15) is 9.59 Å². The number of benzene rings is 4. The van der Waals surface area contributed by atoms with Crippen LogP contribution in [0.4, 0.5) is 5.69 Å². The second kappa shape index (κ2) is 12.2. The zero-order valence-electron chi connectivity index (χ0n) is 22.3. The molecule has 4 nitrogen and oxygen atoms in total. The largest absolute Gasteiger partial charge is 0.349 e. The molecule has 1 unspecified atom stereocenters. The molecule has 5 rings (SSSR count). The Kier molecular flexibility index (Phi) is 8.28. The van der Waals surface area contributed by atoms with E-state index in [1.807, 2.05) is 97.9 Å². The number of hydrogen-bond donors (Lipinski definition) is 1. The van der Waals surface area contributed by atoms with Crippen molar-refractivity contribution >= 4 is 35.3 Å². The average molecular weight is 533 g/mol. The van der Waals surface area contributed by atoms with Gasteiger partial charge in [-0.1, -0.05) is 109 Å². The zero-order valence-corrected chi connectivity index (χ0v) is 23.1. The molecule has 0 radical (unpaired) electrons. The molecular formula is C34H32N2O2S. The number of nitrogens with zero attached hydrogens (tertiary/aromatic N) is 1. The first-order valence-corrected chi connectivity index (χ1v) is 14.1. The van der Waals surface area contributed by atoms with Gasteiger partial charge in [0.1, 0.15) is 0 Å². The maximum Gasteiger partial charge on any atom is 0.265 e. The first kappa shape index (κ1) is 26.5. The summed E-state index contributed by atoms with van der Waals surface area (Å²) in [6.07, 6.45) is 3.54. The van der Waals surface area contributed by atoms with Gasteiger partial charge in [-0.25, -0.2) is 0 Å². The van der Waals surface area contributed by atoms with Crippen LogP contribution in [-0.2, 0) is 17.8 Å². The first-order chi connectivity index (χ1) is 19.0. The van der Waals surface area contributed by atoms with Crippen LogP contribution in [0.15, 0.2) is 113 Å². The first-order valence-electron chi connectivity index (χ1n) is 13.3. The average Bonchev–Trinajstić information content (AvgIpc) is 2.96. The fourth-order valence-electron chi connectivity index (χ4n) is 4.77. The fourth-order valence-corrected chi connectivity index (χ4v) is 5.81. The molecule has 0 saturated heterocycles. The van der Waals surface area contributed by atoms with Gasteiger partial charge in [0.2, 0.25) is 0 Å². The SMILES string of the molecule is CCC(Cc1ccccc1)NC(=O)c1ccc2c(c1)N(Cc1cccc(C)c1)C(=O)/C(=C/c1ccccc1)S2. The van der Waals surface area contributed by atoms with Crippen molar-refractivity contribution in [3.8, 4) is 0 Å². The van der Waals surface area contributed by atoms with Crippen molar-refractivity contribution in [3.05, 3.63) is 136 Å². The number of nitrogens with one attached hydrogen (secondary N) is 1. The molecular weight excluding hydrogens is 500 g/mol. The molecule has 0 bridgehead atoms. The van der Waals surface area contributed by atoms with Crippen molar-refractivity contribution in [1.29, 1.82) is 0 Å². The normalized spacial score (nSPS) is 14.7. The van der Waals surface area contributed by atoms with Crippen LogP contribution in [0.2, 0.25) is 0 Å². The van der Waals surface area contributed by atoms with E-state index in [1.54, 1.807) is 4.90 Å². The highest BCUT2D eigenvalue weighted by Gasteiger charge is 2.30. The van der Waals surface area contributed by atoms with Crippen molar-refractivity contribution in [2.45, 2.75) is 44.2 Å². The smallest absolute Gasteiger partial charge is 0.265 e. The van der Waals surface area contributed by atoms with E-state index in [0.29, 0.717) is 17.0 Å². The predicted octanol–water partition coefficient (Wildman–Crippen LogP) is 7.43. The Bertz CT molecular complexity index is 1500. The molecule has 1 aliphatic rings. The third-order valence-electron chi connectivity index (χ3n) is 6.86. The number of carbonyl (C=O) groups excluding carboxylic acids is 2. The Labute approximate surface area is 234 Å². The molecule has 39 heavy (non-hydrogen) atoms. The molecule has 4 aromatic rings. The Morgan fingerprint density at radius 3 is 2.33 bits per heavy atom. The predicted molar refractivity (Wildman–Crippen MR) is 161 cm³/mol. The van der Waals surface area contributed by atoms with Gasteiger partial charge >= 0.3 is 0 Å². The van der Waals surface area contributed by atoms with Crippen molar-refractivity contribution in [3.63, 3.8) is 0 Å². The summed E-state index contributed by atoms with van der Waals surface area (Å²) in [7, 11) is 0. The molecule has 0 aromatic heterocycles. The Morgan fingerprint density at radius 1 is 0.897 bits per heavy atom. The van der Waals surface area contributed by atoms with Gasteiger partial charge in [-0.2, -0.15) is 0 Å². The Morgan fingerprint density at radius 2 is 1.62 bits per heavy atom. The summed E-state index contributed by atoms with van der Waals surface area (Å²) in [6, 6.07) is 34.0. The molecule has 1 heterocycles. The minimum atomic E-state index is -0.126. The summed E-state index contributed by atoms with van der Waals surface area (Å²) < 4.78 is 0. The maximum atomic E-state index is 13.8. The zero-order chi connectivity index (χ0) is 27.2. The van der Waals surface area contributed by atoms with E-state index in [2.05, 4.69) is 30.4 Å². The van der Waals surface area contributed by atoms with Gasteiger partial charge in [0.15, 0.2) is 0 Å². The van der Waals surface area contributed by atoms with E-state index >= 15 is 0 Å². The van der Waals surface area contributed by atoms with Crippen LogP contribution in [0.3, 0.4) is 0 Å². The third-order valence-corrected chi connectivity index (χ3v) is 7.94. The van der Waals surface area contributed by atoms with Crippen LogP contribution in [0.25, 0.3) is 6.08 Å². The van der Waals surface area contributed by atoms with Gasteiger partial charge in [0.05, 0.1) is 17.1 Å². The van der Waals surface area contributed by atoms with Gasteiger partial charge in [-0.15, -0.1) is 0 Å². The molecule has 0 spiro atoms. The van der Waals surface area contributed by atoms with Crippen LogP contribution in [0.1, 0.15) is 46.0 Å². The lowest BCUT2D eigenvalue weighted by Crippen LogP contribution is -2.37. The van der Waals surface area contributed by atoms with Crippen molar-refractivity contribution < 1.29 is 9.59 Å². The molecule has 1 N–H and O–H groups in total. The number of thioether (sulfide) groups is 1. The second-order valence-electron chi connectivity index (χ2n) is 9.85. The molecule has 1 aliphatic heterocycles. The molecule has 4 aromatic carbocycles. The lowest BCUT2D eigenvalue weighted by atomic mass is 10.0. The van der Waals surface area contributed by atoms with Crippen LogP contribution in [-0.4, -0.2) is 17.9 Å². The fraction of sp³-hybridized carbons (Fsp3) is 0.176. The molecule has 196 valence electrons. The van der Waals surface area contributed by atoms with Gasteiger partial charge in [-0.05, 0) is 60.7 Å². The lowest BCUT2D eigenvalue weighted by molar-refractivity contribution is -0.114. The van der Waals surface area contributed by atoms with Crippen LogP contribution >= 0.6 is 11.8 Å². The van der Waals surface area contributed by atoms with Crippen LogP contribution < -0.4 is 10.2 Å². The number of anilines is 1. The van der Waals surface area contributed by atoms with E-state index in [-0.39, 0.29) is 17.9 Å². The van der Waals surface area contributed by atoms with Crippen LogP contribution in [0.5, 0.6) is 0 Å². The lowest BCUT2D eigenvalue weighted by Gasteiger charge is -2.31. The molecule has 2 amide bonds. The van der Waals surface area contributed by atoms with Crippen molar-refractivity contribution in [2.75, 3.05) is 4.90 Å². The van der Waals surface area contributed by atoms with Crippen molar-refractivity contribution in [1.82, 2.24) is 5.32 Å². The maximum absolute atomic E-state index is 13.8. The minimum Gasteiger partial charge on any atom is -0.349 e. The summed E-state index contributed by atoms with van der Waals surface area (Å²) in [5, 5.41) is 3.20. The molecule has 0 saturated carbocycles. The summed E-state index contributed by atoms with van der Waals surface area (Å²) in [5.74, 6) is -0.190. The van der Waals surface area contributed by atoms with E-state index in [1.165, 1.54) is 17.3 Å². The van der Waals surface area contributed by atoms with E-state index in [4.69, 9.17) is 0 Å². The topological polar surface area (TPSA) is 49.4 Å². The molecule has 0 fully saturated rings. The summed E-state index contributed by atoms with van der Waals surface area (Å²) >= 11 is 1.46. The van der Waals surface area contributed by atoms with Gasteiger partial charge in [0, 0.05) is 16.5 Å². The highest BCUT2D eigenvalue weighted by Crippen LogP contribution is 2.43. The standard InChI is InChI=1S/C34H32N2O2S/c1-3-29(20-25-12-6-4-7-13-25)35-33(37)28-17-18-31-30(22-28)36(23-27-16-10-11-24(2)19-27)34(38)32(39-31)21-26-14-8-5-9-15-26/h4-19,21-22,29H,3,20,23H2,1-2H3,(H,35,37)/b32-21-. The monoisotopic (exact) mass is 532 g/mol. The summed E-state index contributed by atoms with van der Waals surface area (Å²) in [4.78, 5) is 30.6. The van der Waals surface area contributed by atoms with E-state index < -0.39 is 0 Å². The number of carbonyl (C=O) groups is 2. The summed E-state index contributed by atoms with van der Waals surface area (Å²) in [6.45, 7) is 4.56. The number of amides is 2. The van der Waals surface area contributed by atoms with E-state index in [0.717, 1.165) is 40.1 Å². The van der Waals surface area contributed by atoms with Crippen molar-refractivity contribution in [2.24, 2.45) is 0 Å². The third kappa shape index (κ3) is 6.50. The molecule has 0 aliphatic carbocycles. The Hall–Kier alpha value is -4.09. The summed E-state index contributed by atoms with van der Waals surface area (Å²) in [5.41, 5.74) is 5.68. The number of hydrogen-bond acceptors (Lipinski definition) is 3. The second-order valence-corrected chi connectivity index (χ2v) is 10.9. The number of fused-ring (bicyclic) bond motifs is 1. The molecule has 1 atom stereocenters.